The Balaban J connectivity index is 0.00000441. The average molecular weight is 398 g/mol. The lowest BCUT2D eigenvalue weighted by atomic mass is 10.2. The molecule has 22 heavy (non-hydrogen) atoms. The van der Waals surface area contributed by atoms with Crippen molar-refractivity contribution in [1.29, 1.82) is 0 Å². The molecule has 1 atom stereocenters. The van der Waals surface area contributed by atoms with Crippen LogP contribution in [0, 0.1) is 0 Å². The molecule has 126 valence electrons. The molecule has 3 N–H and O–H groups in total. The Kier molecular flexibility index (Phi) is 10.2. The first kappa shape index (κ1) is 21.0. The number of halogens is 2. The molecule has 0 heterocycles. The van der Waals surface area contributed by atoms with Gasteiger partial charge in [-0.15, -0.1) is 12.4 Å². The van der Waals surface area contributed by atoms with E-state index < -0.39 is 0 Å². The maximum Gasteiger partial charge on any atom is 0.222 e. The van der Waals surface area contributed by atoms with Crippen molar-refractivity contribution in [1.82, 2.24) is 5.32 Å². The first-order valence-electron chi connectivity index (χ1n) is 6.45. The van der Waals surface area contributed by atoms with E-state index in [4.69, 9.17) is 19.9 Å². The Morgan fingerprint density at radius 3 is 2.50 bits per heavy atom. The summed E-state index contributed by atoms with van der Waals surface area (Å²) in [5, 5.41) is 2.82. The lowest BCUT2D eigenvalue weighted by molar-refractivity contribution is -0.123. The quantitative estimate of drug-likeness (QED) is 0.700. The second-order valence-electron chi connectivity index (χ2n) is 4.39. The summed E-state index contributed by atoms with van der Waals surface area (Å²) in [5.74, 6) is 1.11. The molecule has 1 aromatic rings. The molecule has 1 aromatic carbocycles. The largest absolute Gasteiger partial charge is 0.493 e. The van der Waals surface area contributed by atoms with Gasteiger partial charge in [-0.2, -0.15) is 0 Å². The van der Waals surface area contributed by atoms with E-state index in [0.717, 1.165) is 10.0 Å². The Hall–Kier alpha value is -1.02. The van der Waals surface area contributed by atoms with Gasteiger partial charge in [0.25, 0.3) is 0 Å². The number of carbonyl (C=O) groups is 1. The number of benzene rings is 1. The van der Waals surface area contributed by atoms with Crippen molar-refractivity contribution in [2.45, 2.75) is 19.1 Å². The number of rotatable bonds is 8. The molecule has 0 aliphatic heterocycles. The van der Waals surface area contributed by atoms with Crippen molar-refractivity contribution in [2.75, 3.05) is 27.9 Å². The molecule has 1 amide bonds. The van der Waals surface area contributed by atoms with Gasteiger partial charge in [-0.3, -0.25) is 4.79 Å². The summed E-state index contributed by atoms with van der Waals surface area (Å²) in [5.41, 5.74) is 6.38. The molecule has 1 rings (SSSR count). The third kappa shape index (κ3) is 6.00. The van der Waals surface area contributed by atoms with E-state index in [1.807, 2.05) is 12.1 Å². The highest BCUT2D eigenvalue weighted by Gasteiger charge is 2.13. The van der Waals surface area contributed by atoms with Crippen LogP contribution in [0.15, 0.2) is 16.6 Å². The Labute approximate surface area is 145 Å². The number of carbonyl (C=O) groups excluding carboxylic acids is 1. The first-order chi connectivity index (χ1) is 10.0. The molecule has 8 heteroatoms. The van der Waals surface area contributed by atoms with E-state index in [1.165, 1.54) is 7.11 Å². The molecule has 6 nitrogen and oxygen atoms in total. The molecular weight excluding hydrogens is 376 g/mol. The van der Waals surface area contributed by atoms with E-state index in [2.05, 4.69) is 21.2 Å². The van der Waals surface area contributed by atoms with Crippen LogP contribution in [0.25, 0.3) is 0 Å². The minimum atomic E-state index is -0.262. The van der Waals surface area contributed by atoms with Crippen molar-refractivity contribution in [3.63, 3.8) is 0 Å². The minimum Gasteiger partial charge on any atom is -0.493 e. The fourth-order valence-electron chi connectivity index (χ4n) is 1.82. The van der Waals surface area contributed by atoms with Gasteiger partial charge in [0.1, 0.15) is 0 Å². The fourth-order valence-corrected chi connectivity index (χ4v) is 2.47. The zero-order chi connectivity index (χ0) is 15.8. The molecule has 0 bridgehead atoms. The van der Waals surface area contributed by atoms with Gasteiger partial charge in [-0.1, -0.05) is 0 Å². The van der Waals surface area contributed by atoms with E-state index in [9.17, 15) is 4.79 Å². The first-order valence-corrected chi connectivity index (χ1v) is 7.24. The zero-order valence-corrected chi connectivity index (χ0v) is 15.3. The predicted octanol–water partition coefficient (Wildman–Crippen LogP) is 1.87. The minimum absolute atomic E-state index is 0. The second kappa shape index (κ2) is 10.7. The van der Waals surface area contributed by atoms with E-state index in [0.29, 0.717) is 24.6 Å². The fraction of sp³-hybridized carbons (Fsp3) is 0.500. The van der Waals surface area contributed by atoms with E-state index in [-0.39, 0.29) is 30.8 Å². The maximum atomic E-state index is 11.8. The maximum absolute atomic E-state index is 11.8. The van der Waals surface area contributed by atoms with Gasteiger partial charge in [0.05, 0.1) is 31.2 Å². The topological polar surface area (TPSA) is 82.8 Å². The summed E-state index contributed by atoms with van der Waals surface area (Å²) in [6.07, 6.45) is -0.0243. The lowest BCUT2D eigenvalue weighted by Crippen LogP contribution is -2.31. The SMILES string of the molecule is COc1cc(CNC(=O)CC(CN)OC)cc(Br)c1OC.Cl. The Morgan fingerprint density at radius 2 is 2.00 bits per heavy atom. The van der Waals surface area contributed by atoms with Gasteiger partial charge < -0.3 is 25.3 Å². The van der Waals surface area contributed by atoms with Gasteiger partial charge in [0, 0.05) is 20.2 Å². The number of hydrogen-bond acceptors (Lipinski definition) is 5. The van der Waals surface area contributed by atoms with Crippen LogP contribution in [-0.2, 0) is 16.1 Å². The molecule has 0 aliphatic carbocycles. The van der Waals surface area contributed by atoms with Gasteiger partial charge in [-0.25, -0.2) is 0 Å². The third-order valence-electron chi connectivity index (χ3n) is 2.99. The predicted molar refractivity (Wildman–Crippen MR) is 90.8 cm³/mol. The van der Waals surface area contributed by atoms with Crippen LogP contribution in [0.5, 0.6) is 11.5 Å². The number of ether oxygens (including phenoxy) is 3. The van der Waals surface area contributed by atoms with Crippen LogP contribution in [0.3, 0.4) is 0 Å². The van der Waals surface area contributed by atoms with Crippen molar-refractivity contribution in [3.05, 3.63) is 22.2 Å². The number of methoxy groups -OCH3 is 3. The molecule has 0 radical (unpaired) electrons. The van der Waals surface area contributed by atoms with Crippen molar-refractivity contribution in [2.24, 2.45) is 5.73 Å². The molecule has 0 aromatic heterocycles. The van der Waals surface area contributed by atoms with Gasteiger partial charge in [0.2, 0.25) is 5.91 Å². The van der Waals surface area contributed by atoms with Crippen LogP contribution in [0.1, 0.15) is 12.0 Å². The van der Waals surface area contributed by atoms with Crippen LogP contribution >= 0.6 is 28.3 Å². The normalized spacial score (nSPS) is 11.3. The molecule has 0 spiro atoms. The van der Waals surface area contributed by atoms with Crippen molar-refractivity contribution < 1.29 is 19.0 Å². The Morgan fingerprint density at radius 1 is 1.32 bits per heavy atom. The van der Waals surface area contributed by atoms with E-state index >= 15 is 0 Å². The molecule has 0 saturated carbocycles. The van der Waals surface area contributed by atoms with Crippen LogP contribution in [-0.4, -0.2) is 39.9 Å². The summed E-state index contributed by atoms with van der Waals surface area (Å²) in [6.45, 7) is 0.699. The van der Waals surface area contributed by atoms with Crippen LogP contribution in [0.4, 0.5) is 0 Å². The van der Waals surface area contributed by atoms with Crippen molar-refractivity contribution >= 4 is 34.2 Å². The monoisotopic (exact) mass is 396 g/mol. The highest BCUT2D eigenvalue weighted by atomic mass is 79.9. The summed E-state index contributed by atoms with van der Waals surface area (Å²) in [6, 6.07) is 3.69. The third-order valence-corrected chi connectivity index (χ3v) is 3.58. The van der Waals surface area contributed by atoms with Crippen LogP contribution in [0.2, 0.25) is 0 Å². The molecule has 0 saturated heterocycles. The number of hydrogen-bond donors (Lipinski definition) is 2. The summed E-state index contributed by atoms with van der Waals surface area (Å²) in [4.78, 5) is 11.8. The lowest BCUT2D eigenvalue weighted by Gasteiger charge is -2.14. The average Bonchev–Trinajstić information content (AvgIpc) is 2.49. The molecular formula is C14H22BrClN2O4. The van der Waals surface area contributed by atoms with Crippen LogP contribution < -0.4 is 20.5 Å². The van der Waals surface area contributed by atoms with Gasteiger partial charge in [0.15, 0.2) is 11.5 Å². The Bertz CT molecular complexity index is 484. The summed E-state index contributed by atoms with van der Waals surface area (Å²) in [7, 11) is 4.68. The number of nitrogens with one attached hydrogen (secondary N) is 1. The highest BCUT2D eigenvalue weighted by molar-refractivity contribution is 9.10. The standard InChI is InChI=1S/C14H21BrN2O4.ClH/c1-19-10(7-16)6-13(18)17-8-9-4-11(15)14(21-3)12(5-9)20-2;/h4-5,10H,6-8,16H2,1-3H3,(H,17,18);1H. The number of amides is 1. The zero-order valence-electron chi connectivity index (χ0n) is 12.8. The molecule has 0 fully saturated rings. The smallest absolute Gasteiger partial charge is 0.222 e. The van der Waals surface area contributed by atoms with Crippen molar-refractivity contribution in [3.8, 4) is 11.5 Å². The molecule has 1 unspecified atom stereocenters. The number of nitrogens with two attached hydrogens (primary N) is 1. The van der Waals surface area contributed by atoms with E-state index in [1.54, 1.807) is 14.2 Å². The highest BCUT2D eigenvalue weighted by Crippen LogP contribution is 2.36. The second-order valence-corrected chi connectivity index (χ2v) is 5.24. The summed E-state index contributed by atoms with van der Waals surface area (Å²) >= 11 is 3.41. The van der Waals surface area contributed by atoms with Gasteiger partial charge >= 0.3 is 0 Å². The van der Waals surface area contributed by atoms with Gasteiger partial charge in [-0.05, 0) is 33.6 Å². The molecule has 0 aliphatic rings. The summed E-state index contributed by atoms with van der Waals surface area (Å²) < 4.78 is 16.3.